The van der Waals surface area contributed by atoms with Crippen molar-refractivity contribution in [3.05, 3.63) is 68.3 Å². The van der Waals surface area contributed by atoms with Gasteiger partial charge in [-0.25, -0.2) is 0 Å². The molecule has 0 heterocycles. The van der Waals surface area contributed by atoms with E-state index in [1.165, 1.54) is 0 Å². The second-order valence-corrected chi connectivity index (χ2v) is 5.03. The Morgan fingerprint density at radius 2 is 1.62 bits per heavy atom. The monoisotopic (exact) mass is 342 g/mol. The van der Waals surface area contributed by atoms with Gasteiger partial charge in [-0.1, -0.05) is 35.9 Å². The molecule has 0 aliphatic heterocycles. The molecule has 0 aromatic heterocycles. The maximum atomic E-state index is 12.1. The molecular formula is C13H8ClIO. The number of carbonyl (C=O) groups excluding carboxylic acids is 1. The van der Waals surface area contributed by atoms with Crippen LogP contribution in [0.15, 0.2) is 48.5 Å². The van der Waals surface area contributed by atoms with Gasteiger partial charge in [-0.05, 0) is 46.9 Å². The summed E-state index contributed by atoms with van der Waals surface area (Å²) in [6.07, 6.45) is 0. The Morgan fingerprint density at radius 1 is 1.00 bits per heavy atom. The first-order valence-corrected chi connectivity index (χ1v) is 6.18. The van der Waals surface area contributed by atoms with E-state index in [-0.39, 0.29) is 5.78 Å². The predicted molar refractivity (Wildman–Crippen MR) is 74.0 cm³/mol. The third-order valence-electron chi connectivity index (χ3n) is 2.17. The number of ketones is 1. The maximum absolute atomic E-state index is 12.1. The lowest BCUT2D eigenvalue weighted by molar-refractivity contribution is 0.103. The van der Waals surface area contributed by atoms with Crippen LogP contribution in [0.1, 0.15) is 15.9 Å². The molecule has 3 heteroatoms. The van der Waals surface area contributed by atoms with Crippen LogP contribution in [-0.2, 0) is 0 Å². The second-order valence-electron chi connectivity index (χ2n) is 3.35. The molecule has 0 spiro atoms. The number of hydrogen-bond acceptors (Lipinski definition) is 1. The molecule has 0 atom stereocenters. The average Bonchev–Trinajstić information content (AvgIpc) is 2.28. The van der Waals surface area contributed by atoms with Crippen LogP contribution < -0.4 is 0 Å². The van der Waals surface area contributed by atoms with Crippen molar-refractivity contribution in [1.82, 2.24) is 0 Å². The number of carbonyl (C=O) groups is 1. The minimum atomic E-state index is 0.000941. The number of benzene rings is 2. The zero-order chi connectivity index (χ0) is 11.5. The van der Waals surface area contributed by atoms with Crippen LogP contribution in [0.4, 0.5) is 0 Å². The van der Waals surface area contributed by atoms with Crippen molar-refractivity contribution < 1.29 is 4.79 Å². The summed E-state index contributed by atoms with van der Waals surface area (Å²) in [5, 5.41) is 0.580. The van der Waals surface area contributed by atoms with Crippen molar-refractivity contribution in [2.45, 2.75) is 0 Å². The SMILES string of the molecule is O=C(c1cccc(Cl)c1)c1cccc(I)c1. The Balaban J connectivity index is 2.39. The van der Waals surface area contributed by atoms with E-state index in [0.717, 1.165) is 3.57 Å². The quantitative estimate of drug-likeness (QED) is 0.591. The summed E-state index contributed by atoms with van der Waals surface area (Å²) < 4.78 is 1.05. The number of rotatable bonds is 2. The number of halogens is 2. The second kappa shape index (κ2) is 4.97. The Bertz CT molecular complexity index is 489. The van der Waals surface area contributed by atoms with Gasteiger partial charge >= 0.3 is 0 Å². The summed E-state index contributed by atoms with van der Waals surface area (Å²) in [6.45, 7) is 0. The lowest BCUT2D eigenvalue weighted by Crippen LogP contribution is -2.01. The van der Waals surface area contributed by atoms with Crippen LogP contribution in [0.3, 0.4) is 0 Å². The summed E-state index contributed by atoms with van der Waals surface area (Å²) in [4.78, 5) is 12.1. The van der Waals surface area contributed by atoms with E-state index >= 15 is 0 Å². The van der Waals surface area contributed by atoms with Gasteiger partial charge in [-0.2, -0.15) is 0 Å². The normalized spacial score (nSPS) is 10.1. The minimum absolute atomic E-state index is 0.000941. The Labute approximate surface area is 113 Å². The summed E-state index contributed by atoms with van der Waals surface area (Å²) in [5.74, 6) is 0.000941. The van der Waals surface area contributed by atoms with Crippen LogP contribution in [0.25, 0.3) is 0 Å². The summed E-state index contributed by atoms with van der Waals surface area (Å²) in [6, 6.07) is 14.5. The lowest BCUT2D eigenvalue weighted by atomic mass is 10.0. The summed E-state index contributed by atoms with van der Waals surface area (Å²) in [5.41, 5.74) is 1.31. The van der Waals surface area contributed by atoms with Crippen LogP contribution in [-0.4, -0.2) is 5.78 Å². The molecule has 0 unspecified atom stereocenters. The van der Waals surface area contributed by atoms with Crippen molar-refractivity contribution in [2.75, 3.05) is 0 Å². The van der Waals surface area contributed by atoms with Gasteiger partial charge in [0.2, 0.25) is 0 Å². The van der Waals surface area contributed by atoms with E-state index in [9.17, 15) is 4.79 Å². The van der Waals surface area contributed by atoms with Gasteiger partial charge in [-0.15, -0.1) is 0 Å². The van der Waals surface area contributed by atoms with Crippen LogP contribution in [0.2, 0.25) is 5.02 Å². The third-order valence-corrected chi connectivity index (χ3v) is 3.08. The van der Waals surface area contributed by atoms with E-state index in [1.54, 1.807) is 24.3 Å². The molecule has 2 rings (SSSR count). The highest BCUT2D eigenvalue weighted by atomic mass is 127. The van der Waals surface area contributed by atoms with Gasteiger partial charge in [-0.3, -0.25) is 4.79 Å². The largest absolute Gasteiger partial charge is 0.289 e. The molecule has 0 aliphatic carbocycles. The fraction of sp³-hybridized carbons (Fsp3) is 0. The fourth-order valence-electron chi connectivity index (χ4n) is 1.43. The van der Waals surface area contributed by atoms with Crippen LogP contribution >= 0.6 is 34.2 Å². The summed E-state index contributed by atoms with van der Waals surface area (Å²) in [7, 11) is 0. The van der Waals surface area contributed by atoms with E-state index in [1.807, 2.05) is 24.3 Å². The first-order valence-electron chi connectivity index (χ1n) is 4.72. The van der Waals surface area contributed by atoms with Crippen LogP contribution in [0, 0.1) is 3.57 Å². The maximum Gasteiger partial charge on any atom is 0.193 e. The molecule has 0 fully saturated rings. The molecule has 0 radical (unpaired) electrons. The van der Waals surface area contributed by atoms with Crippen molar-refractivity contribution in [3.63, 3.8) is 0 Å². The molecule has 0 saturated heterocycles. The highest BCUT2D eigenvalue weighted by molar-refractivity contribution is 14.1. The third kappa shape index (κ3) is 2.62. The Hall–Kier alpha value is -0.870. The summed E-state index contributed by atoms with van der Waals surface area (Å²) >= 11 is 8.04. The fourth-order valence-corrected chi connectivity index (χ4v) is 2.16. The van der Waals surface area contributed by atoms with Crippen molar-refractivity contribution in [2.24, 2.45) is 0 Å². The highest BCUT2D eigenvalue weighted by Gasteiger charge is 2.09. The predicted octanol–water partition coefficient (Wildman–Crippen LogP) is 4.18. The van der Waals surface area contributed by atoms with E-state index in [4.69, 9.17) is 11.6 Å². The molecule has 2 aromatic rings. The zero-order valence-corrected chi connectivity index (χ0v) is 11.2. The first kappa shape index (κ1) is 11.6. The Morgan fingerprint density at radius 3 is 2.25 bits per heavy atom. The van der Waals surface area contributed by atoms with Gasteiger partial charge < -0.3 is 0 Å². The molecule has 80 valence electrons. The van der Waals surface area contributed by atoms with Gasteiger partial charge in [0.25, 0.3) is 0 Å². The molecule has 0 N–H and O–H groups in total. The minimum Gasteiger partial charge on any atom is -0.289 e. The van der Waals surface area contributed by atoms with Crippen molar-refractivity contribution >= 4 is 40.0 Å². The van der Waals surface area contributed by atoms with Crippen molar-refractivity contribution in [3.8, 4) is 0 Å². The van der Waals surface area contributed by atoms with Gasteiger partial charge in [0.1, 0.15) is 0 Å². The molecule has 0 aliphatic rings. The van der Waals surface area contributed by atoms with E-state index in [0.29, 0.717) is 16.1 Å². The van der Waals surface area contributed by atoms with Crippen molar-refractivity contribution in [1.29, 1.82) is 0 Å². The molecule has 16 heavy (non-hydrogen) atoms. The molecule has 0 amide bonds. The molecule has 0 saturated carbocycles. The molecular weight excluding hydrogens is 334 g/mol. The molecule has 0 bridgehead atoms. The zero-order valence-electron chi connectivity index (χ0n) is 8.28. The molecule has 2 aromatic carbocycles. The first-order chi connectivity index (χ1) is 7.66. The topological polar surface area (TPSA) is 17.1 Å². The van der Waals surface area contributed by atoms with Gasteiger partial charge in [0.15, 0.2) is 5.78 Å². The standard InChI is InChI=1S/C13H8ClIO/c14-11-5-1-3-9(7-11)13(16)10-4-2-6-12(15)8-10/h1-8H. The van der Waals surface area contributed by atoms with Gasteiger partial charge in [0.05, 0.1) is 0 Å². The highest BCUT2D eigenvalue weighted by Crippen LogP contribution is 2.16. The van der Waals surface area contributed by atoms with E-state index < -0.39 is 0 Å². The number of hydrogen-bond donors (Lipinski definition) is 0. The molecule has 1 nitrogen and oxygen atoms in total. The van der Waals surface area contributed by atoms with E-state index in [2.05, 4.69) is 22.6 Å². The van der Waals surface area contributed by atoms with Gasteiger partial charge in [0, 0.05) is 19.7 Å². The van der Waals surface area contributed by atoms with Crippen LogP contribution in [0.5, 0.6) is 0 Å². The Kier molecular flexibility index (Phi) is 3.61. The lowest BCUT2D eigenvalue weighted by Gasteiger charge is -2.02. The smallest absolute Gasteiger partial charge is 0.193 e. The average molecular weight is 343 g/mol.